The van der Waals surface area contributed by atoms with Crippen LogP contribution in [0.2, 0.25) is 0 Å². The summed E-state index contributed by atoms with van der Waals surface area (Å²) in [5.41, 5.74) is 8.49. The molecule has 0 aliphatic heterocycles. The Labute approximate surface area is 202 Å². The zero-order valence-electron chi connectivity index (χ0n) is 19.7. The van der Waals surface area contributed by atoms with E-state index in [-0.39, 0.29) is 5.92 Å². The number of nitrogens with zero attached hydrogens (tertiary/aromatic N) is 1. The molecule has 3 aliphatic rings. The maximum atomic E-state index is 10.8. The molecule has 0 heterocycles. The Morgan fingerprint density at radius 1 is 1.18 bits per heavy atom. The Morgan fingerprint density at radius 3 is 2.67 bits per heavy atom. The molecule has 0 aromatic heterocycles. The number of aryl methyl sites for hydroxylation is 1. The average molecular weight is 462 g/mol. The molecular formula is C29H32ClNO2. The molecule has 0 saturated carbocycles. The Hall–Kier alpha value is -2.78. The van der Waals surface area contributed by atoms with E-state index in [1.165, 1.54) is 27.8 Å². The highest BCUT2D eigenvalue weighted by Crippen LogP contribution is 2.44. The third-order valence-electron chi connectivity index (χ3n) is 6.55. The molecule has 33 heavy (non-hydrogen) atoms. The second-order valence-corrected chi connectivity index (χ2v) is 9.54. The summed E-state index contributed by atoms with van der Waals surface area (Å²) in [4.78, 5) is 4.34. The molecule has 0 amide bonds. The van der Waals surface area contributed by atoms with Crippen molar-refractivity contribution >= 4 is 23.1 Å². The summed E-state index contributed by atoms with van der Waals surface area (Å²) in [6, 6.07) is 6.51. The highest BCUT2D eigenvalue weighted by molar-refractivity contribution is 6.29. The van der Waals surface area contributed by atoms with Gasteiger partial charge in [-0.25, -0.2) is 0 Å². The third-order valence-corrected chi connectivity index (χ3v) is 6.85. The molecule has 0 bridgehead atoms. The van der Waals surface area contributed by atoms with Gasteiger partial charge in [0.05, 0.1) is 5.76 Å². The lowest BCUT2D eigenvalue weighted by Crippen LogP contribution is -2.11. The second kappa shape index (κ2) is 10.0. The van der Waals surface area contributed by atoms with E-state index >= 15 is 0 Å². The summed E-state index contributed by atoms with van der Waals surface area (Å²) in [6.07, 6.45) is 14.0. The van der Waals surface area contributed by atoms with Crippen LogP contribution in [0.1, 0.15) is 62.6 Å². The molecular weight excluding hydrogens is 430 g/mol. The predicted molar refractivity (Wildman–Crippen MR) is 138 cm³/mol. The van der Waals surface area contributed by atoms with Crippen molar-refractivity contribution in [3.63, 3.8) is 0 Å². The number of aliphatic hydroxyl groups excluding tert-OH is 1. The number of benzene rings is 1. The van der Waals surface area contributed by atoms with Crippen LogP contribution in [0.25, 0.3) is 5.57 Å². The van der Waals surface area contributed by atoms with Crippen molar-refractivity contribution in [2.45, 2.75) is 52.4 Å². The third kappa shape index (κ3) is 5.09. The van der Waals surface area contributed by atoms with Crippen molar-refractivity contribution in [1.82, 2.24) is 0 Å². The van der Waals surface area contributed by atoms with Crippen molar-refractivity contribution in [2.75, 3.05) is 7.05 Å². The van der Waals surface area contributed by atoms with Crippen LogP contribution in [0.3, 0.4) is 0 Å². The first-order valence-electron chi connectivity index (χ1n) is 11.7. The lowest BCUT2D eigenvalue weighted by atomic mass is 9.79. The van der Waals surface area contributed by atoms with Crippen molar-refractivity contribution in [2.24, 2.45) is 10.9 Å². The van der Waals surface area contributed by atoms with E-state index in [2.05, 4.69) is 54.9 Å². The highest BCUT2D eigenvalue weighted by Gasteiger charge is 2.28. The molecule has 1 N–H and O–H groups in total. The minimum absolute atomic E-state index is 0.277. The Bertz CT molecular complexity index is 1160. The van der Waals surface area contributed by atoms with E-state index in [1.807, 2.05) is 6.92 Å². The molecule has 0 radical (unpaired) electrons. The van der Waals surface area contributed by atoms with Crippen molar-refractivity contribution in [1.29, 1.82) is 0 Å². The zero-order chi connectivity index (χ0) is 23.5. The van der Waals surface area contributed by atoms with Gasteiger partial charge in [-0.15, -0.1) is 0 Å². The lowest BCUT2D eigenvalue weighted by Gasteiger charge is -2.26. The van der Waals surface area contributed by atoms with Crippen LogP contribution in [-0.4, -0.2) is 18.1 Å². The van der Waals surface area contributed by atoms with Crippen molar-refractivity contribution in [3.8, 4) is 0 Å². The van der Waals surface area contributed by atoms with Gasteiger partial charge in [-0.3, -0.25) is 4.99 Å². The summed E-state index contributed by atoms with van der Waals surface area (Å²) >= 11 is 6.23. The molecule has 1 unspecified atom stereocenters. The van der Waals surface area contributed by atoms with Crippen molar-refractivity contribution in [3.05, 3.63) is 99.0 Å². The minimum Gasteiger partial charge on any atom is -0.508 e. The van der Waals surface area contributed by atoms with Gasteiger partial charge in [-0.1, -0.05) is 48.0 Å². The highest BCUT2D eigenvalue weighted by atomic mass is 35.5. The summed E-state index contributed by atoms with van der Waals surface area (Å²) in [5.74, 6) is 1.80. The number of hydrogen-bond donors (Lipinski definition) is 1. The normalized spacial score (nSPS) is 21.3. The number of hydrogen-bond acceptors (Lipinski definition) is 3. The van der Waals surface area contributed by atoms with Gasteiger partial charge < -0.3 is 9.84 Å². The molecule has 172 valence electrons. The molecule has 0 spiro atoms. The standard InChI is InChI=1S/C29H32ClNO2/c1-18(2)33-29(31-4)22-12-14-24-21(16-22)6-5-7-26(25-15-13-23(30)17-27(25)32)28(24)20-10-8-19(3)9-11-20/h8-10,12,14,16-17,20,32H,1,5-7,11,13,15H2,2-4H3/b31-29-. The summed E-state index contributed by atoms with van der Waals surface area (Å²) in [5, 5.41) is 11.6. The van der Waals surface area contributed by atoms with E-state index in [9.17, 15) is 5.11 Å². The van der Waals surface area contributed by atoms with Crippen LogP contribution in [0.15, 0.2) is 87.3 Å². The van der Waals surface area contributed by atoms with E-state index in [4.69, 9.17) is 16.3 Å². The first-order valence-corrected chi connectivity index (χ1v) is 12.1. The second-order valence-electron chi connectivity index (χ2n) is 9.05. The number of fused-ring (bicyclic) bond motifs is 1. The fourth-order valence-corrected chi connectivity index (χ4v) is 5.21. The molecule has 4 heteroatoms. The quantitative estimate of drug-likeness (QED) is 0.280. The van der Waals surface area contributed by atoms with Crippen LogP contribution in [0.5, 0.6) is 0 Å². The average Bonchev–Trinajstić information content (AvgIpc) is 2.97. The molecule has 1 aromatic rings. The minimum atomic E-state index is 0.277. The van der Waals surface area contributed by atoms with Gasteiger partial charge in [-0.05, 0) is 98.4 Å². The molecule has 0 saturated heterocycles. The van der Waals surface area contributed by atoms with E-state index in [0.717, 1.165) is 54.7 Å². The lowest BCUT2D eigenvalue weighted by molar-refractivity contribution is 0.419. The predicted octanol–water partition coefficient (Wildman–Crippen LogP) is 7.95. The van der Waals surface area contributed by atoms with Gasteiger partial charge in [0.25, 0.3) is 0 Å². The monoisotopic (exact) mass is 461 g/mol. The van der Waals surface area contributed by atoms with Gasteiger partial charge >= 0.3 is 0 Å². The first kappa shape index (κ1) is 23.4. The number of aliphatic imine (C=N–C) groups is 1. The van der Waals surface area contributed by atoms with Gasteiger partial charge in [0.15, 0.2) is 0 Å². The molecule has 0 fully saturated rings. The zero-order valence-corrected chi connectivity index (χ0v) is 20.5. The number of rotatable bonds is 4. The topological polar surface area (TPSA) is 41.8 Å². The first-order chi connectivity index (χ1) is 15.9. The molecule has 1 aromatic carbocycles. The van der Waals surface area contributed by atoms with E-state index in [1.54, 1.807) is 13.1 Å². The van der Waals surface area contributed by atoms with E-state index in [0.29, 0.717) is 17.4 Å². The van der Waals surface area contributed by atoms with Gasteiger partial charge in [0.1, 0.15) is 5.76 Å². The van der Waals surface area contributed by atoms with Crippen LogP contribution in [0, 0.1) is 5.92 Å². The maximum Gasteiger partial charge on any atom is 0.221 e. The van der Waals surface area contributed by atoms with E-state index < -0.39 is 0 Å². The largest absolute Gasteiger partial charge is 0.508 e. The van der Waals surface area contributed by atoms with Crippen LogP contribution in [0.4, 0.5) is 0 Å². The van der Waals surface area contributed by atoms with Crippen LogP contribution in [-0.2, 0) is 11.2 Å². The summed E-state index contributed by atoms with van der Waals surface area (Å²) < 4.78 is 5.77. The van der Waals surface area contributed by atoms with Crippen LogP contribution < -0.4 is 0 Å². The summed E-state index contributed by atoms with van der Waals surface area (Å²) in [6.45, 7) is 7.83. The number of aliphatic hydroxyl groups is 1. The Balaban J connectivity index is 1.87. The maximum absolute atomic E-state index is 10.8. The molecule has 1 atom stereocenters. The van der Waals surface area contributed by atoms with Crippen molar-refractivity contribution < 1.29 is 9.84 Å². The number of ether oxygens (including phenoxy) is 1. The fraction of sp³-hybridized carbons (Fsp3) is 0.345. The van der Waals surface area contributed by atoms with Crippen LogP contribution >= 0.6 is 11.6 Å². The SMILES string of the molecule is C=C(C)O/C(=N\C)c1ccc2c(c1)CCCC(C1=C(O)C=C(Cl)CC1)=C2C1C=CC(C)=CC1. The molecule has 4 rings (SSSR count). The fourth-order valence-electron chi connectivity index (χ4n) is 5.01. The number of allylic oxidation sites excluding steroid dienone is 10. The van der Waals surface area contributed by atoms with Gasteiger partial charge in [-0.2, -0.15) is 0 Å². The van der Waals surface area contributed by atoms with Gasteiger partial charge in [0, 0.05) is 23.6 Å². The van der Waals surface area contributed by atoms with Gasteiger partial charge in [0.2, 0.25) is 5.90 Å². The molecule has 3 nitrogen and oxygen atoms in total. The smallest absolute Gasteiger partial charge is 0.221 e. The molecule has 3 aliphatic carbocycles. The summed E-state index contributed by atoms with van der Waals surface area (Å²) in [7, 11) is 1.74. The Morgan fingerprint density at radius 2 is 2.00 bits per heavy atom. The number of halogens is 1. The Kier molecular flexibility index (Phi) is 7.09.